The average Bonchev–Trinajstić information content (AvgIpc) is 3.27. The quantitative estimate of drug-likeness (QED) is 0.861. The minimum atomic E-state index is -0.0584. The molecule has 2 bridgehead atoms. The molecular formula is C21H30N4O2. The Kier molecular flexibility index (Phi) is 4.15. The Balaban J connectivity index is 1.30. The van der Waals surface area contributed by atoms with Gasteiger partial charge < -0.3 is 15.0 Å². The van der Waals surface area contributed by atoms with Crippen molar-refractivity contribution in [3.05, 3.63) is 17.5 Å². The topological polar surface area (TPSA) is 67.4 Å². The molecule has 3 aliphatic heterocycles. The van der Waals surface area contributed by atoms with Crippen molar-refractivity contribution in [2.45, 2.75) is 64.1 Å². The van der Waals surface area contributed by atoms with Gasteiger partial charge in [0.1, 0.15) is 0 Å². The minimum absolute atomic E-state index is 0.0584. The van der Waals surface area contributed by atoms with Crippen LogP contribution in [-0.4, -0.2) is 47.2 Å². The first-order valence-corrected chi connectivity index (χ1v) is 10.6. The lowest BCUT2D eigenvalue weighted by atomic mass is 9.73. The second-order valence-electron chi connectivity index (χ2n) is 8.94. The summed E-state index contributed by atoms with van der Waals surface area (Å²) >= 11 is 0. The number of aromatic nitrogens is 2. The fourth-order valence-electron chi connectivity index (χ4n) is 5.63. The summed E-state index contributed by atoms with van der Waals surface area (Å²) in [4.78, 5) is 24.0. The summed E-state index contributed by atoms with van der Waals surface area (Å²) in [6.45, 7) is 6.79. The smallest absolute Gasteiger partial charge is 0.225 e. The zero-order valence-electron chi connectivity index (χ0n) is 16.4. The molecule has 6 heteroatoms. The van der Waals surface area contributed by atoms with E-state index < -0.39 is 0 Å². The van der Waals surface area contributed by atoms with Crippen LogP contribution in [0.25, 0.3) is 0 Å². The molecule has 1 saturated carbocycles. The van der Waals surface area contributed by atoms with Crippen LogP contribution in [0.1, 0.15) is 50.3 Å². The molecule has 1 spiro atoms. The van der Waals surface area contributed by atoms with Crippen LogP contribution in [0.2, 0.25) is 0 Å². The van der Waals surface area contributed by atoms with Crippen LogP contribution in [0, 0.1) is 24.7 Å². The molecule has 1 aliphatic carbocycles. The van der Waals surface area contributed by atoms with E-state index in [9.17, 15) is 4.79 Å². The van der Waals surface area contributed by atoms with Gasteiger partial charge in [-0.1, -0.05) is 13.3 Å². The molecule has 27 heavy (non-hydrogen) atoms. The third-order valence-corrected chi connectivity index (χ3v) is 7.45. The van der Waals surface area contributed by atoms with Gasteiger partial charge in [0.05, 0.1) is 18.2 Å². The van der Waals surface area contributed by atoms with Crippen LogP contribution in [-0.2, 0) is 16.0 Å². The average molecular weight is 370 g/mol. The van der Waals surface area contributed by atoms with E-state index >= 15 is 0 Å². The monoisotopic (exact) mass is 370 g/mol. The zero-order valence-corrected chi connectivity index (χ0v) is 16.4. The first kappa shape index (κ1) is 17.4. The predicted octanol–water partition coefficient (Wildman–Crippen LogP) is 2.25. The van der Waals surface area contributed by atoms with E-state index in [2.05, 4.69) is 29.0 Å². The number of carbonyl (C=O) groups excluding carboxylic acids is 1. The third kappa shape index (κ3) is 2.75. The molecule has 0 aromatic carbocycles. The van der Waals surface area contributed by atoms with Crippen molar-refractivity contribution >= 4 is 11.9 Å². The van der Waals surface area contributed by atoms with Gasteiger partial charge in [-0.25, -0.2) is 9.97 Å². The Labute approximate surface area is 161 Å². The molecule has 0 unspecified atom stereocenters. The van der Waals surface area contributed by atoms with Crippen LogP contribution in [0.3, 0.4) is 0 Å². The molecule has 1 N–H and O–H groups in total. The Hall–Kier alpha value is -1.69. The van der Waals surface area contributed by atoms with E-state index in [-0.39, 0.29) is 17.4 Å². The number of aryl methyl sites for hydroxylation is 2. The number of rotatable bonds is 5. The largest absolute Gasteiger partial charge is 0.369 e. The van der Waals surface area contributed by atoms with Gasteiger partial charge in [0.25, 0.3) is 0 Å². The lowest BCUT2D eigenvalue weighted by Crippen LogP contribution is -2.44. The van der Waals surface area contributed by atoms with Gasteiger partial charge in [0, 0.05) is 42.7 Å². The zero-order chi connectivity index (χ0) is 18.6. The number of ether oxygens (including phenoxy) is 1. The van der Waals surface area contributed by atoms with Crippen LogP contribution >= 0.6 is 0 Å². The van der Waals surface area contributed by atoms with Crippen LogP contribution in [0.4, 0.5) is 5.95 Å². The summed E-state index contributed by atoms with van der Waals surface area (Å²) < 4.78 is 6.51. The van der Waals surface area contributed by atoms with E-state index in [1.165, 1.54) is 6.42 Å². The third-order valence-electron chi connectivity index (χ3n) is 7.45. The van der Waals surface area contributed by atoms with E-state index in [4.69, 9.17) is 9.72 Å². The van der Waals surface area contributed by atoms with E-state index in [1.54, 1.807) is 0 Å². The molecule has 146 valence electrons. The fourth-order valence-corrected chi connectivity index (χ4v) is 5.63. The number of hydrogen-bond acceptors (Lipinski definition) is 5. The van der Waals surface area contributed by atoms with Gasteiger partial charge in [0.2, 0.25) is 11.9 Å². The molecule has 3 saturated heterocycles. The van der Waals surface area contributed by atoms with Gasteiger partial charge in [0.15, 0.2) is 0 Å². The van der Waals surface area contributed by atoms with E-state index in [0.29, 0.717) is 17.9 Å². The lowest BCUT2D eigenvalue weighted by Gasteiger charge is -2.30. The highest BCUT2D eigenvalue weighted by Gasteiger charge is 2.63. The van der Waals surface area contributed by atoms with Crippen LogP contribution in [0.15, 0.2) is 6.20 Å². The molecule has 0 radical (unpaired) electrons. The number of nitrogens with zero attached hydrogens (tertiary/aromatic N) is 3. The Morgan fingerprint density at radius 3 is 3.00 bits per heavy atom. The number of hydrogen-bond donors (Lipinski definition) is 1. The maximum Gasteiger partial charge on any atom is 0.225 e. The summed E-state index contributed by atoms with van der Waals surface area (Å²) in [6.07, 6.45) is 8.74. The molecule has 1 aromatic heterocycles. The number of carbonyl (C=O) groups is 1. The van der Waals surface area contributed by atoms with Crippen molar-refractivity contribution in [2.24, 2.45) is 17.8 Å². The highest BCUT2D eigenvalue weighted by molar-refractivity contribution is 5.79. The molecule has 4 aliphatic rings. The summed E-state index contributed by atoms with van der Waals surface area (Å²) in [6, 6.07) is 0. The second kappa shape index (κ2) is 6.43. The first-order valence-electron chi connectivity index (χ1n) is 10.6. The fraction of sp³-hybridized carbons (Fsp3) is 0.762. The standard InChI is InChI=1S/C21H30N4O2/c1-3-17-13(2)9-23-20(24-17)25-11-16-15(10-22-19(26)14-5-4-6-14)18-7-8-21(16,12-25)27-18/h9,14-16,18H,3-8,10-12H2,1-2H3,(H,22,26)/t15-,16+,18+,21+/m0/s1. The summed E-state index contributed by atoms with van der Waals surface area (Å²) in [5.74, 6) is 2.23. The summed E-state index contributed by atoms with van der Waals surface area (Å²) in [7, 11) is 0. The molecule has 6 nitrogen and oxygen atoms in total. The first-order chi connectivity index (χ1) is 13.1. The molecular weight excluding hydrogens is 340 g/mol. The molecule has 4 fully saturated rings. The molecule has 1 amide bonds. The maximum atomic E-state index is 12.3. The highest BCUT2D eigenvalue weighted by Crippen LogP contribution is 2.55. The van der Waals surface area contributed by atoms with Crippen molar-refractivity contribution in [3.8, 4) is 0 Å². The van der Waals surface area contributed by atoms with Crippen molar-refractivity contribution in [1.82, 2.24) is 15.3 Å². The number of nitrogens with one attached hydrogen (secondary N) is 1. The molecule has 4 heterocycles. The highest BCUT2D eigenvalue weighted by atomic mass is 16.5. The maximum absolute atomic E-state index is 12.3. The van der Waals surface area contributed by atoms with Crippen molar-refractivity contribution in [1.29, 1.82) is 0 Å². The number of amides is 1. The normalized spacial score (nSPS) is 34.6. The summed E-state index contributed by atoms with van der Waals surface area (Å²) in [5.41, 5.74) is 2.23. The SMILES string of the molecule is CCc1nc(N2C[C@@H]3[C@H](CNC(=O)C4CCC4)[C@H]4CC[C@]3(C2)O4)ncc1C. The van der Waals surface area contributed by atoms with E-state index in [0.717, 1.165) is 68.9 Å². The predicted molar refractivity (Wildman–Crippen MR) is 103 cm³/mol. The van der Waals surface area contributed by atoms with Crippen LogP contribution < -0.4 is 10.2 Å². The Morgan fingerprint density at radius 2 is 2.26 bits per heavy atom. The number of anilines is 1. The van der Waals surface area contributed by atoms with Gasteiger partial charge in [-0.3, -0.25) is 4.79 Å². The number of fused-ring (bicyclic) bond motifs is 1. The van der Waals surface area contributed by atoms with Crippen molar-refractivity contribution < 1.29 is 9.53 Å². The summed E-state index contributed by atoms with van der Waals surface area (Å²) in [5, 5.41) is 3.23. The van der Waals surface area contributed by atoms with Crippen molar-refractivity contribution in [3.63, 3.8) is 0 Å². The van der Waals surface area contributed by atoms with Crippen LogP contribution in [0.5, 0.6) is 0 Å². The molecule has 5 rings (SSSR count). The van der Waals surface area contributed by atoms with Gasteiger partial charge >= 0.3 is 0 Å². The van der Waals surface area contributed by atoms with Gasteiger partial charge in [-0.2, -0.15) is 0 Å². The minimum Gasteiger partial charge on any atom is -0.369 e. The van der Waals surface area contributed by atoms with Gasteiger partial charge in [-0.05, 0) is 44.6 Å². The molecule has 4 atom stereocenters. The Bertz CT molecular complexity index is 750. The van der Waals surface area contributed by atoms with Crippen molar-refractivity contribution in [2.75, 3.05) is 24.5 Å². The van der Waals surface area contributed by atoms with Gasteiger partial charge in [-0.15, -0.1) is 0 Å². The van der Waals surface area contributed by atoms with E-state index in [1.807, 2.05) is 6.20 Å². The molecule has 1 aromatic rings. The second-order valence-corrected chi connectivity index (χ2v) is 8.94. The lowest BCUT2D eigenvalue weighted by molar-refractivity contribution is -0.127. The Morgan fingerprint density at radius 1 is 1.41 bits per heavy atom.